The van der Waals surface area contributed by atoms with Crippen LogP contribution in [-0.4, -0.2) is 29.3 Å². The van der Waals surface area contributed by atoms with Gasteiger partial charge in [-0.3, -0.25) is 0 Å². The number of imidazole rings is 1. The third kappa shape index (κ3) is 3.73. The molecule has 1 saturated carbocycles. The molecule has 96 valence electrons. The zero-order valence-electron chi connectivity index (χ0n) is 10.9. The van der Waals surface area contributed by atoms with Gasteiger partial charge in [0.25, 0.3) is 0 Å². The standard InChI is InChI=1S/C13H23N3O/c1-3-17-8-4-5-14-13-15-6-7-16(13)10-12-9-11(12)2/h6-7,11-12H,3-5,8-10H2,1-2H3,(H,14,15). The number of nitrogens with zero attached hydrogens (tertiary/aromatic N) is 2. The van der Waals surface area contributed by atoms with Crippen LogP contribution < -0.4 is 5.32 Å². The van der Waals surface area contributed by atoms with Crippen molar-refractivity contribution in [1.29, 1.82) is 0 Å². The van der Waals surface area contributed by atoms with Crippen molar-refractivity contribution >= 4 is 5.95 Å². The Morgan fingerprint density at radius 2 is 2.41 bits per heavy atom. The second-order valence-corrected chi connectivity index (χ2v) is 4.85. The van der Waals surface area contributed by atoms with Crippen LogP contribution in [0.2, 0.25) is 0 Å². The molecule has 0 radical (unpaired) electrons. The molecule has 2 rings (SSSR count). The summed E-state index contributed by atoms with van der Waals surface area (Å²) in [5.74, 6) is 2.75. The van der Waals surface area contributed by atoms with E-state index >= 15 is 0 Å². The van der Waals surface area contributed by atoms with Gasteiger partial charge in [-0.1, -0.05) is 6.92 Å². The normalized spacial score (nSPS) is 22.7. The van der Waals surface area contributed by atoms with Crippen molar-refractivity contribution in [2.75, 3.05) is 25.1 Å². The van der Waals surface area contributed by atoms with E-state index in [1.807, 2.05) is 13.1 Å². The lowest BCUT2D eigenvalue weighted by Crippen LogP contribution is -2.11. The van der Waals surface area contributed by atoms with Crippen molar-refractivity contribution in [2.45, 2.75) is 33.2 Å². The molecule has 0 spiro atoms. The predicted octanol–water partition coefficient (Wildman–Crippen LogP) is 2.38. The first-order valence-electron chi connectivity index (χ1n) is 6.64. The lowest BCUT2D eigenvalue weighted by atomic mass is 10.3. The molecule has 0 aliphatic heterocycles. The summed E-state index contributed by atoms with van der Waals surface area (Å²) in [7, 11) is 0. The van der Waals surface area contributed by atoms with Crippen LogP contribution in [0.4, 0.5) is 5.95 Å². The van der Waals surface area contributed by atoms with Crippen LogP contribution in [0.15, 0.2) is 12.4 Å². The molecular weight excluding hydrogens is 214 g/mol. The summed E-state index contributed by atoms with van der Waals surface area (Å²) >= 11 is 0. The number of anilines is 1. The average molecular weight is 237 g/mol. The minimum atomic E-state index is 0.800. The van der Waals surface area contributed by atoms with Crippen molar-refractivity contribution in [2.24, 2.45) is 11.8 Å². The highest BCUT2D eigenvalue weighted by Gasteiger charge is 2.32. The van der Waals surface area contributed by atoms with Crippen molar-refractivity contribution in [3.05, 3.63) is 12.4 Å². The Morgan fingerprint density at radius 3 is 3.12 bits per heavy atom. The third-order valence-electron chi connectivity index (χ3n) is 3.38. The maximum atomic E-state index is 5.30. The Hall–Kier alpha value is -1.03. The van der Waals surface area contributed by atoms with Crippen LogP contribution in [0, 0.1) is 11.8 Å². The molecule has 1 aromatic heterocycles. The van der Waals surface area contributed by atoms with Crippen molar-refractivity contribution < 1.29 is 4.74 Å². The van der Waals surface area contributed by atoms with E-state index in [0.717, 1.165) is 50.5 Å². The van der Waals surface area contributed by atoms with Gasteiger partial charge in [-0.15, -0.1) is 0 Å². The second kappa shape index (κ2) is 6.05. The van der Waals surface area contributed by atoms with E-state index in [1.165, 1.54) is 6.42 Å². The summed E-state index contributed by atoms with van der Waals surface area (Å²) in [6, 6.07) is 0. The molecule has 1 heterocycles. The average Bonchev–Trinajstić information content (AvgIpc) is 2.84. The summed E-state index contributed by atoms with van der Waals surface area (Å²) in [5.41, 5.74) is 0. The highest BCUT2D eigenvalue weighted by Crippen LogP contribution is 2.39. The predicted molar refractivity (Wildman–Crippen MR) is 69.1 cm³/mol. The van der Waals surface area contributed by atoms with Gasteiger partial charge >= 0.3 is 0 Å². The van der Waals surface area contributed by atoms with Crippen LogP contribution in [0.25, 0.3) is 0 Å². The Labute approximate surface area is 103 Å². The molecule has 2 atom stereocenters. The largest absolute Gasteiger partial charge is 0.382 e. The second-order valence-electron chi connectivity index (χ2n) is 4.85. The quantitative estimate of drug-likeness (QED) is 0.706. The van der Waals surface area contributed by atoms with Crippen LogP contribution in [-0.2, 0) is 11.3 Å². The van der Waals surface area contributed by atoms with E-state index in [2.05, 4.69) is 28.0 Å². The molecule has 1 aliphatic carbocycles. The van der Waals surface area contributed by atoms with E-state index in [0.29, 0.717) is 0 Å². The van der Waals surface area contributed by atoms with E-state index in [1.54, 1.807) is 0 Å². The Morgan fingerprint density at radius 1 is 1.59 bits per heavy atom. The number of aromatic nitrogens is 2. The Kier molecular flexibility index (Phi) is 4.42. The summed E-state index contributed by atoms with van der Waals surface area (Å²) in [6.07, 6.45) is 6.33. The van der Waals surface area contributed by atoms with Crippen molar-refractivity contribution in [1.82, 2.24) is 9.55 Å². The van der Waals surface area contributed by atoms with Gasteiger partial charge in [-0.25, -0.2) is 4.98 Å². The van der Waals surface area contributed by atoms with Gasteiger partial charge in [0.05, 0.1) is 0 Å². The highest BCUT2D eigenvalue weighted by molar-refractivity contribution is 5.25. The van der Waals surface area contributed by atoms with Crippen LogP contribution in [0.5, 0.6) is 0 Å². The zero-order chi connectivity index (χ0) is 12.1. The molecule has 0 aromatic carbocycles. The van der Waals surface area contributed by atoms with Crippen LogP contribution in [0.1, 0.15) is 26.7 Å². The smallest absolute Gasteiger partial charge is 0.202 e. The SMILES string of the molecule is CCOCCCNc1nccn1CC1CC1C. The van der Waals surface area contributed by atoms with E-state index < -0.39 is 0 Å². The van der Waals surface area contributed by atoms with Gasteiger partial charge in [0, 0.05) is 38.7 Å². The number of hydrogen-bond donors (Lipinski definition) is 1. The highest BCUT2D eigenvalue weighted by atomic mass is 16.5. The van der Waals surface area contributed by atoms with E-state index in [-0.39, 0.29) is 0 Å². The molecule has 1 N–H and O–H groups in total. The van der Waals surface area contributed by atoms with Gasteiger partial charge in [0.1, 0.15) is 0 Å². The first-order chi connectivity index (χ1) is 8.31. The summed E-state index contributed by atoms with van der Waals surface area (Å²) in [4.78, 5) is 4.35. The Bertz CT molecular complexity index is 337. The van der Waals surface area contributed by atoms with Crippen LogP contribution >= 0.6 is 0 Å². The van der Waals surface area contributed by atoms with Gasteiger partial charge in [-0.05, 0) is 31.6 Å². The van der Waals surface area contributed by atoms with Crippen molar-refractivity contribution in [3.8, 4) is 0 Å². The summed E-state index contributed by atoms with van der Waals surface area (Å²) in [6.45, 7) is 8.00. The first kappa shape index (κ1) is 12.4. The fraction of sp³-hybridized carbons (Fsp3) is 0.769. The molecular formula is C13H23N3O. The van der Waals surface area contributed by atoms with E-state index in [9.17, 15) is 0 Å². The zero-order valence-corrected chi connectivity index (χ0v) is 10.9. The minimum absolute atomic E-state index is 0.800. The molecule has 1 aromatic rings. The number of ether oxygens (including phenoxy) is 1. The van der Waals surface area contributed by atoms with Crippen molar-refractivity contribution in [3.63, 3.8) is 0 Å². The lowest BCUT2D eigenvalue weighted by Gasteiger charge is -2.09. The molecule has 0 bridgehead atoms. The molecule has 0 amide bonds. The van der Waals surface area contributed by atoms with Gasteiger partial charge in [0.2, 0.25) is 5.95 Å². The van der Waals surface area contributed by atoms with Gasteiger partial charge in [-0.2, -0.15) is 0 Å². The fourth-order valence-electron chi connectivity index (χ4n) is 2.05. The molecule has 17 heavy (non-hydrogen) atoms. The summed E-state index contributed by atoms with van der Waals surface area (Å²) < 4.78 is 7.54. The Balaban J connectivity index is 1.70. The van der Waals surface area contributed by atoms with Crippen LogP contribution in [0.3, 0.4) is 0 Å². The molecule has 0 saturated heterocycles. The molecule has 1 fully saturated rings. The fourth-order valence-corrected chi connectivity index (χ4v) is 2.05. The van der Waals surface area contributed by atoms with Gasteiger partial charge in [0.15, 0.2) is 0 Å². The molecule has 1 aliphatic rings. The summed E-state index contributed by atoms with van der Waals surface area (Å²) in [5, 5.41) is 3.37. The molecule has 4 nitrogen and oxygen atoms in total. The topological polar surface area (TPSA) is 39.1 Å². The number of rotatable bonds is 8. The van der Waals surface area contributed by atoms with Gasteiger partial charge < -0.3 is 14.6 Å². The lowest BCUT2D eigenvalue weighted by molar-refractivity contribution is 0.147. The number of hydrogen-bond acceptors (Lipinski definition) is 3. The molecule has 4 heteroatoms. The third-order valence-corrected chi connectivity index (χ3v) is 3.38. The maximum absolute atomic E-state index is 5.30. The molecule has 2 unspecified atom stereocenters. The van der Waals surface area contributed by atoms with E-state index in [4.69, 9.17) is 4.74 Å². The number of nitrogens with one attached hydrogen (secondary N) is 1. The maximum Gasteiger partial charge on any atom is 0.202 e. The first-order valence-corrected chi connectivity index (χ1v) is 6.64. The monoisotopic (exact) mass is 237 g/mol. The minimum Gasteiger partial charge on any atom is -0.382 e.